The first kappa shape index (κ1) is 21.0. The third-order valence-electron chi connectivity index (χ3n) is 5.29. The molecule has 1 aliphatic heterocycles. The fourth-order valence-corrected chi connectivity index (χ4v) is 3.68. The zero-order valence-electron chi connectivity index (χ0n) is 17.6. The minimum Gasteiger partial charge on any atom is -0.298 e. The first-order chi connectivity index (χ1) is 16.5. The van der Waals surface area contributed by atoms with Crippen LogP contribution in [-0.4, -0.2) is 30.4 Å². The molecule has 0 saturated carbocycles. The highest BCUT2D eigenvalue weighted by Gasteiger charge is 2.17. The van der Waals surface area contributed by atoms with E-state index in [2.05, 4.69) is 20.4 Å². The summed E-state index contributed by atoms with van der Waals surface area (Å²) in [5.74, 6) is -0.518. The number of H-pyrrole nitrogens is 1. The molecule has 168 valence electrons. The lowest BCUT2D eigenvalue weighted by atomic mass is 10.1. The van der Waals surface area contributed by atoms with Gasteiger partial charge < -0.3 is 0 Å². The number of benzene rings is 2. The highest BCUT2D eigenvalue weighted by Crippen LogP contribution is 2.17. The van der Waals surface area contributed by atoms with Crippen LogP contribution < -0.4 is 16.7 Å². The molecule has 1 amide bonds. The Hall–Kier alpha value is -4.86. The maximum atomic E-state index is 14.2. The molecule has 10 heteroatoms. The average Bonchev–Trinajstić information content (AvgIpc) is 2.87. The van der Waals surface area contributed by atoms with E-state index >= 15 is 0 Å². The summed E-state index contributed by atoms with van der Waals surface area (Å²) in [6.45, 7) is 0.0371. The monoisotopic (exact) mass is 456 g/mol. The van der Waals surface area contributed by atoms with E-state index in [1.54, 1.807) is 61.2 Å². The minimum absolute atomic E-state index is 0.0371. The number of carbonyl (C=O) groups excluding carboxylic acids is 1. The Morgan fingerprint density at radius 2 is 1.82 bits per heavy atom. The van der Waals surface area contributed by atoms with E-state index < -0.39 is 17.1 Å². The Balaban J connectivity index is 1.40. The van der Waals surface area contributed by atoms with Crippen molar-refractivity contribution in [2.75, 3.05) is 0 Å². The van der Waals surface area contributed by atoms with E-state index in [-0.39, 0.29) is 23.4 Å². The molecule has 9 nitrogen and oxygen atoms in total. The summed E-state index contributed by atoms with van der Waals surface area (Å²) in [5, 5.41) is 1.12. The predicted molar refractivity (Wildman–Crippen MR) is 123 cm³/mol. The lowest BCUT2D eigenvalue weighted by molar-refractivity contribution is 0.0780. The third-order valence-corrected chi connectivity index (χ3v) is 5.29. The summed E-state index contributed by atoms with van der Waals surface area (Å²) in [7, 11) is 0. The first-order valence-electron chi connectivity index (χ1n) is 10.3. The van der Waals surface area contributed by atoms with Crippen molar-refractivity contribution in [3.05, 3.63) is 123 Å². The quantitative estimate of drug-likeness (QED) is 0.487. The number of aromatic nitrogens is 4. The molecule has 34 heavy (non-hydrogen) atoms. The summed E-state index contributed by atoms with van der Waals surface area (Å²) in [4.78, 5) is 48.0. The van der Waals surface area contributed by atoms with Gasteiger partial charge in [-0.15, -0.1) is 0 Å². The number of carbonyl (C=O) groups is 1. The first-order valence-corrected chi connectivity index (χ1v) is 10.3. The molecule has 3 heterocycles. The zero-order chi connectivity index (χ0) is 23.7. The van der Waals surface area contributed by atoms with Gasteiger partial charge in [0.15, 0.2) is 5.82 Å². The van der Waals surface area contributed by atoms with Crippen LogP contribution in [0.5, 0.6) is 0 Å². The van der Waals surface area contributed by atoms with Gasteiger partial charge in [-0.05, 0) is 42.0 Å². The van der Waals surface area contributed by atoms with Crippen LogP contribution in [0.4, 0.5) is 4.39 Å². The number of amides is 1. The van der Waals surface area contributed by atoms with E-state index in [9.17, 15) is 18.8 Å². The zero-order valence-corrected chi connectivity index (χ0v) is 17.6. The molecule has 2 N–H and O–H groups in total. The summed E-state index contributed by atoms with van der Waals surface area (Å²) >= 11 is 0. The molecule has 5 rings (SSSR count). The molecular formula is C24H17FN6O3. The number of nitrogens with zero attached hydrogens (tertiary/aromatic N) is 4. The summed E-state index contributed by atoms with van der Waals surface area (Å²) in [6.07, 6.45) is 8.17. The molecule has 0 saturated heterocycles. The number of rotatable bonds is 4. The van der Waals surface area contributed by atoms with Gasteiger partial charge in [0.25, 0.3) is 11.5 Å². The standard InChI is InChI=1S/C24H17FN6O3/c25-18-6-2-7-19-20(18)22(32)29-24(34)30(19)14-15-4-1-5-16(12-15)23(33)31-11-8-17(13-28-31)21-26-9-3-10-27-21/h1-13,28H,14H2,(H,29,32,34). The SMILES string of the molecule is O=C(c1cccc(Cn2c(=O)[nH]c(=O)c3c(F)cccc32)c1)N1C=CC(c2ncccn2)=CN1. The van der Waals surface area contributed by atoms with Crippen molar-refractivity contribution < 1.29 is 9.18 Å². The highest BCUT2D eigenvalue weighted by atomic mass is 19.1. The Kier molecular flexibility index (Phi) is 5.30. The molecule has 0 fully saturated rings. The predicted octanol–water partition coefficient (Wildman–Crippen LogP) is 2.18. The van der Waals surface area contributed by atoms with E-state index in [4.69, 9.17) is 0 Å². The molecule has 0 spiro atoms. The number of nitrogens with one attached hydrogen (secondary N) is 2. The molecule has 1 aliphatic rings. The van der Waals surface area contributed by atoms with E-state index in [1.807, 2.05) is 0 Å². The van der Waals surface area contributed by atoms with Crippen LogP contribution in [0.2, 0.25) is 0 Å². The van der Waals surface area contributed by atoms with Crippen molar-refractivity contribution in [1.29, 1.82) is 0 Å². The van der Waals surface area contributed by atoms with Crippen LogP contribution in [0.15, 0.2) is 89.0 Å². The van der Waals surface area contributed by atoms with Crippen molar-refractivity contribution in [2.45, 2.75) is 6.54 Å². The lowest BCUT2D eigenvalue weighted by Crippen LogP contribution is -2.37. The lowest BCUT2D eigenvalue weighted by Gasteiger charge is -2.22. The molecule has 0 aliphatic carbocycles. The topological polar surface area (TPSA) is 113 Å². The summed E-state index contributed by atoms with van der Waals surface area (Å²) in [5.41, 5.74) is 3.34. The number of hydrogen-bond acceptors (Lipinski definition) is 6. The number of halogens is 1. The Bertz CT molecular complexity index is 1590. The molecule has 0 atom stereocenters. The Labute approximate surface area is 191 Å². The van der Waals surface area contributed by atoms with Crippen LogP contribution in [0.3, 0.4) is 0 Å². The van der Waals surface area contributed by atoms with Crippen molar-refractivity contribution >= 4 is 22.4 Å². The average molecular weight is 456 g/mol. The molecule has 0 unspecified atom stereocenters. The van der Waals surface area contributed by atoms with Crippen LogP contribution in [-0.2, 0) is 6.54 Å². The molecule has 4 aromatic rings. The Morgan fingerprint density at radius 1 is 1.03 bits per heavy atom. The maximum absolute atomic E-state index is 14.2. The minimum atomic E-state index is -0.783. The smallest absolute Gasteiger partial charge is 0.298 e. The van der Waals surface area contributed by atoms with Gasteiger partial charge in [-0.3, -0.25) is 24.6 Å². The molecule has 0 radical (unpaired) electrons. The second-order valence-corrected chi connectivity index (χ2v) is 7.47. The van der Waals surface area contributed by atoms with Gasteiger partial charge in [-0.2, -0.15) is 0 Å². The second-order valence-electron chi connectivity index (χ2n) is 7.47. The number of hydrogen-bond donors (Lipinski definition) is 2. The number of allylic oxidation sites excluding steroid dienone is 2. The summed E-state index contributed by atoms with van der Waals surface area (Å²) < 4.78 is 15.5. The van der Waals surface area contributed by atoms with Crippen molar-refractivity contribution in [2.24, 2.45) is 0 Å². The second kappa shape index (κ2) is 8.58. The fourth-order valence-electron chi connectivity index (χ4n) is 3.68. The Morgan fingerprint density at radius 3 is 2.59 bits per heavy atom. The van der Waals surface area contributed by atoms with Gasteiger partial charge in [0.05, 0.1) is 17.4 Å². The van der Waals surface area contributed by atoms with Gasteiger partial charge in [0.1, 0.15) is 5.82 Å². The van der Waals surface area contributed by atoms with Gasteiger partial charge >= 0.3 is 5.69 Å². The van der Waals surface area contributed by atoms with E-state index in [1.165, 1.54) is 21.7 Å². The molecule has 2 aromatic heterocycles. The van der Waals surface area contributed by atoms with Crippen LogP contribution in [0.1, 0.15) is 21.7 Å². The van der Waals surface area contributed by atoms with Crippen LogP contribution in [0, 0.1) is 5.82 Å². The highest BCUT2D eigenvalue weighted by molar-refractivity contribution is 5.95. The number of aromatic amines is 1. The molecule has 2 aromatic carbocycles. The number of fused-ring (bicyclic) bond motifs is 1. The molecule has 0 bridgehead atoms. The maximum Gasteiger partial charge on any atom is 0.329 e. The number of hydrazine groups is 1. The van der Waals surface area contributed by atoms with E-state index in [0.717, 1.165) is 11.6 Å². The third kappa shape index (κ3) is 3.88. The van der Waals surface area contributed by atoms with Crippen molar-refractivity contribution in [1.82, 2.24) is 30.0 Å². The van der Waals surface area contributed by atoms with Crippen LogP contribution >= 0.6 is 0 Å². The van der Waals surface area contributed by atoms with Gasteiger partial charge in [0.2, 0.25) is 0 Å². The van der Waals surface area contributed by atoms with Gasteiger partial charge in [0, 0.05) is 35.9 Å². The fraction of sp³-hybridized carbons (Fsp3) is 0.0417. The van der Waals surface area contributed by atoms with Crippen LogP contribution in [0.25, 0.3) is 16.5 Å². The van der Waals surface area contributed by atoms with Gasteiger partial charge in [-0.25, -0.2) is 24.2 Å². The van der Waals surface area contributed by atoms with Crippen molar-refractivity contribution in [3.8, 4) is 0 Å². The molecular weight excluding hydrogens is 439 g/mol. The van der Waals surface area contributed by atoms with Crippen molar-refractivity contribution in [3.63, 3.8) is 0 Å². The normalized spacial score (nSPS) is 13.0. The van der Waals surface area contributed by atoms with Gasteiger partial charge in [-0.1, -0.05) is 18.2 Å². The summed E-state index contributed by atoms with van der Waals surface area (Å²) in [6, 6.07) is 12.5. The largest absolute Gasteiger partial charge is 0.329 e. The van der Waals surface area contributed by atoms with E-state index in [0.29, 0.717) is 17.0 Å².